The molecule has 0 unspecified atom stereocenters. The number of aromatic nitrogens is 1. The van der Waals surface area contributed by atoms with Gasteiger partial charge in [-0.25, -0.2) is 4.79 Å². The highest BCUT2D eigenvalue weighted by Crippen LogP contribution is 2.29. The average molecular weight is 356 g/mol. The summed E-state index contributed by atoms with van der Waals surface area (Å²) in [7, 11) is 1.35. The maximum absolute atomic E-state index is 11.7. The van der Waals surface area contributed by atoms with Crippen LogP contribution in [0.5, 0.6) is 0 Å². The van der Waals surface area contributed by atoms with Gasteiger partial charge in [-0.3, -0.25) is 14.9 Å². The van der Waals surface area contributed by atoms with E-state index in [-0.39, 0.29) is 17.1 Å². The minimum atomic E-state index is -0.383. The van der Waals surface area contributed by atoms with Crippen molar-refractivity contribution in [2.24, 2.45) is 0 Å². The molecule has 0 saturated carbocycles. The normalized spacial score (nSPS) is 15.6. The molecule has 0 spiro atoms. The van der Waals surface area contributed by atoms with E-state index in [1.54, 1.807) is 18.2 Å². The van der Waals surface area contributed by atoms with E-state index in [1.807, 2.05) is 36.6 Å². The molecule has 1 N–H and O–H groups in total. The second kappa shape index (κ2) is 6.60. The Labute approximate surface area is 148 Å². The third-order valence-corrected chi connectivity index (χ3v) is 4.76. The van der Waals surface area contributed by atoms with Crippen LogP contribution in [0.15, 0.2) is 35.2 Å². The quantitative estimate of drug-likeness (QED) is 0.675. The fraction of sp³-hybridized carbons (Fsp3) is 0.167. The van der Waals surface area contributed by atoms with Gasteiger partial charge in [-0.2, -0.15) is 0 Å². The van der Waals surface area contributed by atoms with Crippen molar-refractivity contribution < 1.29 is 19.1 Å². The first-order valence-electron chi connectivity index (χ1n) is 7.53. The molecule has 1 fully saturated rings. The number of imide groups is 1. The second-order valence-corrected chi connectivity index (χ2v) is 6.57. The number of rotatable bonds is 3. The molecule has 2 amide bonds. The fourth-order valence-electron chi connectivity index (χ4n) is 2.76. The van der Waals surface area contributed by atoms with Crippen LogP contribution in [0.2, 0.25) is 0 Å². The van der Waals surface area contributed by atoms with E-state index in [9.17, 15) is 14.4 Å². The fourth-order valence-corrected chi connectivity index (χ4v) is 3.43. The van der Waals surface area contributed by atoms with Gasteiger partial charge in [-0.15, -0.1) is 0 Å². The topological polar surface area (TPSA) is 77.4 Å². The molecule has 1 saturated heterocycles. The van der Waals surface area contributed by atoms with Gasteiger partial charge in [0.05, 0.1) is 17.6 Å². The third-order valence-electron chi connectivity index (χ3n) is 3.95. The lowest BCUT2D eigenvalue weighted by Crippen LogP contribution is -2.17. The summed E-state index contributed by atoms with van der Waals surface area (Å²) in [6, 6.07) is 9.04. The number of aryl methyl sites for hydroxylation is 1. The molecule has 1 aliphatic heterocycles. The smallest absolute Gasteiger partial charge is 0.337 e. The van der Waals surface area contributed by atoms with E-state index >= 15 is 0 Å². The first kappa shape index (κ1) is 17.0. The molecule has 128 valence electrons. The van der Waals surface area contributed by atoms with Crippen molar-refractivity contribution in [3.8, 4) is 5.69 Å². The van der Waals surface area contributed by atoms with Crippen molar-refractivity contribution in [2.45, 2.75) is 13.8 Å². The van der Waals surface area contributed by atoms with Crippen LogP contribution < -0.4 is 5.32 Å². The molecule has 2 heterocycles. The van der Waals surface area contributed by atoms with E-state index in [1.165, 1.54) is 7.11 Å². The Kier molecular flexibility index (Phi) is 4.50. The number of esters is 1. The van der Waals surface area contributed by atoms with Gasteiger partial charge in [0.2, 0.25) is 0 Å². The van der Waals surface area contributed by atoms with Crippen molar-refractivity contribution >= 4 is 35.0 Å². The molecule has 1 aromatic carbocycles. The maximum atomic E-state index is 11.7. The number of ether oxygens (including phenoxy) is 1. The standard InChI is InChI=1S/C18H16N2O4S/c1-10-8-13(9-15-16(21)19-18(23)25-15)11(2)20(10)14-6-4-12(5-7-14)17(22)24-3/h4-9H,1-3H3,(H,19,21,23)/b15-9+. The molecule has 0 radical (unpaired) electrons. The van der Waals surface area contributed by atoms with Gasteiger partial charge in [0.25, 0.3) is 11.1 Å². The lowest BCUT2D eigenvalue weighted by Gasteiger charge is -2.10. The van der Waals surface area contributed by atoms with Crippen molar-refractivity contribution in [1.29, 1.82) is 0 Å². The van der Waals surface area contributed by atoms with Crippen LogP contribution in [0.25, 0.3) is 11.8 Å². The first-order valence-corrected chi connectivity index (χ1v) is 8.35. The molecule has 7 heteroatoms. The Bertz CT molecular complexity index is 910. The largest absolute Gasteiger partial charge is 0.465 e. The molecular formula is C18H16N2O4S. The first-order chi connectivity index (χ1) is 11.9. The van der Waals surface area contributed by atoms with Crippen molar-refractivity contribution in [2.75, 3.05) is 7.11 Å². The predicted molar refractivity (Wildman–Crippen MR) is 95.7 cm³/mol. The van der Waals surface area contributed by atoms with Gasteiger partial charge in [-0.05, 0) is 67.6 Å². The monoisotopic (exact) mass is 356 g/mol. The highest BCUT2D eigenvalue weighted by atomic mass is 32.2. The molecule has 1 aromatic heterocycles. The number of nitrogens with zero attached hydrogens (tertiary/aromatic N) is 1. The van der Waals surface area contributed by atoms with Crippen LogP contribution in [-0.2, 0) is 9.53 Å². The van der Waals surface area contributed by atoms with Crippen LogP contribution in [0.4, 0.5) is 4.79 Å². The van der Waals surface area contributed by atoms with Crippen LogP contribution in [0.1, 0.15) is 27.3 Å². The van der Waals surface area contributed by atoms with Gasteiger partial charge in [-0.1, -0.05) is 0 Å². The number of thioether (sulfide) groups is 1. The zero-order valence-electron chi connectivity index (χ0n) is 14.0. The predicted octanol–water partition coefficient (Wildman–Crippen LogP) is 3.20. The number of amides is 2. The van der Waals surface area contributed by atoms with Crippen molar-refractivity contribution in [1.82, 2.24) is 9.88 Å². The maximum Gasteiger partial charge on any atom is 0.337 e. The van der Waals surface area contributed by atoms with Gasteiger partial charge >= 0.3 is 5.97 Å². The zero-order chi connectivity index (χ0) is 18.1. The average Bonchev–Trinajstić information content (AvgIpc) is 3.05. The number of hydrogen-bond acceptors (Lipinski definition) is 5. The van der Waals surface area contributed by atoms with E-state index in [4.69, 9.17) is 4.74 Å². The molecule has 0 atom stereocenters. The Balaban J connectivity index is 1.98. The summed E-state index contributed by atoms with van der Waals surface area (Å²) >= 11 is 0.897. The number of hydrogen-bond donors (Lipinski definition) is 1. The van der Waals surface area contributed by atoms with E-state index in [2.05, 4.69) is 5.32 Å². The summed E-state index contributed by atoms with van der Waals surface area (Å²) < 4.78 is 6.73. The molecule has 0 bridgehead atoms. The Morgan fingerprint density at radius 2 is 1.88 bits per heavy atom. The molecule has 0 aliphatic carbocycles. The van der Waals surface area contributed by atoms with E-state index < -0.39 is 0 Å². The molecule has 1 aliphatic rings. The summed E-state index contributed by atoms with van der Waals surface area (Å²) in [4.78, 5) is 34.9. The number of nitrogens with one attached hydrogen (secondary N) is 1. The minimum Gasteiger partial charge on any atom is -0.465 e. The number of benzene rings is 1. The zero-order valence-corrected chi connectivity index (χ0v) is 14.8. The van der Waals surface area contributed by atoms with Crippen LogP contribution in [-0.4, -0.2) is 28.8 Å². The highest BCUT2D eigenvalue weighted by molar-refractivity contribution is 8.18. The lowest BCUT2D eigenvalue weighted by molar-refractivity contribution is -0.115. The molecule has 6 nitrogen and oxygen atoms in total. The molecule has 2 aromatic rings. The SMILES string of the molecule is COC(=O)c1ccc(-n2c(C)cc(/C=C3/SC(=O)NC3=O)c2C)cc1. The molecule has 3 rings (SSSR count). The van der Waals surface area contributed by atoms with Gasteiger partial charge in [0, 0.05) is 17.1 Å². The molecule has 25 heavy (non-hydrogen) atoms. The van der Waals surface area contributed by atoms with Crippen molar-refractivity contribution in [3.63, 3.8) is 0 Å². The van der Waals surface area contributed by atoms with Gasteiger partial charge in [0.15, 0.2) is 0 Å². The number of carbonyl (C=O) groups is 3. The van der Waals surface area contributed by atoms with Crippen molar-refractivity contribution in [3.05, 3.63) is 57.8 Å². The minimum absolute atomic E-state index is 0.358. The van der Waals surface area contributed by atoms with Gasteiger partial charge < -0.3 is 9.30 Å². The lowest BCUT2D eigenvalue weighted by atomic mass is 10.2. The molecular weight excluding hydrogens is 340 g/mol. The summed E-state index contributed by atoms with van der Waals surface area (Å²) in [5.41, 5.74) is 4.15. The number of methoxy groups -OCH3 is 1. The summed E-state index contributed by atoms with van der Waals surface area (Å²) in [5, 5.41) is 1.89. The highest BCUT2D eigenvalue weighted by Gasteiger charge is 2.25. The van der Waals surface area contributed by atoms with E-state index in [0.717, 1.165) is 34.4 Å². The Hall–Kier alpha value is -2.80. The Morgan fingerprint density at radius 1 is 1.20 bits per heavy atom. The van der Waals surface area contributed by atoms with Gasteiger partial charge in [0.1, 0.15) is 0 Å². The van der Waals surface area contributed by atoms with Crippen LogP contribution in [0, 0.1) is 13.8 Å². The number of carbonyl (C=O) groups excluding carboxylic acids is 3. The second-order valence-electron chi connectivity index (χ2n) is 5.55. The van der Waals surface area contributed by atoms with E-state index in [0.29, 0.717) is 10.5 Å². The summed E-state index contributed by atoms with van der Waals surface area (Å²) in [6.07, 6.45) is 1.71. The van der Waals surface area contributed by atoms with Crippen LogP contribution in [0.3, 0.4) is 0 Å². The summed E-state index contributed by atoms with van der Waals surface area (Å²) in [6.45, 7) is 3.89. The summed E-state index contributed by atoms with van der Waals surface area (Å²) in [5.74, 6) is -0.755. The van der Waals surface area contributed by atoms with Crippen LogP contribution >= 0.6 is 11.8 Å². The Morgan fingerprint density at radius 3 is 2.44 bits per heavy atom. The third kappa shape index (κ3) is 3.23.